The Morgan fingerprint density at radius 2 is 0.541 bits per heavy atom. The molecule has 0 amide bonds. The summed E-state index contributed by atoms with van der Waals surface area (Å²) in [5.74, 6) is -20.3. The smallest absolute Gasteiger partial charge is 0.200 e. The Labute approximate surface area is 705 Å². The molecule has 2 aliphatic carbocycles. The van der Waals surface area contributed by atoms with Crippen molar-refractivity contribution in [2.24, 2.45) is 0 Å². The van der Waals surface area contributed by atoms with E-state index in [1.165, 1.54) is 0 Å². The van der Waals surface area contributed by atoms with Crippen LogP contribution in [0.25, 0.3) is 78.9 Å². The summed E-state index contributed by atoms with van der Waals surface area (Å²) in [4.78, 5) is 4.12. The van der Waals surface area contributed by atoms with Gasteiger partial charge in [-0.2, -0.15) is 0 Å². The zero-order valence-electron chi connectivity index (χ0n) is 67.6. The van der Waals surface area contributed by atoms with E-state index in [-0.39, 0.29) is 12.8 Å². The Hall–Kier alpha value is -13.3. The Bertz CT molecular complexity index is 5980. The summed E-state index contributed by atoms with van der Waals surface area (Å²) >= 11 is 0. The third kappa shape index (κ3) is 14.7. The summed E-state index contributed by atoms with van der Waals surface area (Å²) in [7, 11) is 0. The molecule has 0 radical (unpaired) electrons. The van der Waals surface area contributed by atoms with Gasteiger partial charge < -0.3 is 9.80 Å². The van der Waals surface area contributed by atoms with Gasteiger partial charge in [0.1, 0.15) is 0 Å². The van der Waals surface area contributed by atoms with Gasteiger partial charge in [0.15, 0.2) is 46.5 Å². The maximum atomic E-state index is 17.2. The second kappa shape index (κ2) is 34.4. The largest absolute Gasteiger partial charge is 0.310 e. The van der Waals surface area contributed by atoms with E-state index in [0.29, 0.717) is 67.0 Å². The Kier molecular flexibility index (Phi) is 22.9. The first-order valence-electron chi connectivity index (χ1n) is 41.7. The second-order valence-electron chi connectivity index (χ2n) is 31.9. The van der Waals surface area contributed by atoms with Crippen LogP contribution >= 0.6 is 0 Å². The third-order valence-electron chi connectivity index (χ3n) is 24.7. The molecule has 122 heavy (non-hydrogen) atoms. The fourth-order valence-electron chi connectivity index (χ4n) is 18.7. The monoisotopic (exact) mass is 1620 g/mol. The normalized spacial score (nSPS) is 14.3. The topological polar surface area (TPSA) is 6.48 Å². The van der Waals surface area contributed by atoms with Gasteiger partial charge in [0.25, 0.3) is 0 Å². The summed E-state index contributed by atoms with van der Waals surface area (Å²) in [6.07, 6.45) is 12.6. The van der Waals surface area contributed by atoms with E-state index in [9.17, 15) is 0 Å². The van der Waals surface area contributed by atoms with Crippen LogP contribution in [0.1, 0.15) is 132 Å². The molecule has 2 unspecified atom stereocenters. The number of unbranched alkanes of at least 4 members (excludes halogenated alkanes) is 6. The van der Waals surface area contributed by atoms with Gasteiger partial charge in [0, 0.05) is 45.3 Å². The van der Waals surface area contributed by atoms with Crippen LogP contribution in [0.3, 0.4) is 0 Å². The van der Waals surface area contributed by atoms with Crippen molar-refractivity contribution in [1.82, 2.24) is 0 Å². The van der Waals surface area contributed by atoms with E-state index in [2.05, 4.69) is 97.5 Å². The van der Waals surface area contributed by atoms with E-state index in [0.717, 1.165) is 154 Å². The minimum Gasteiger partial charge on any atom is -0.310 e. The number of aryl methyl sites for hydroxylation is 2. The standard InChI is InChI=1S/C110H86F10N2/c1-5-9-11-15-29-79-63-92(78-49-57-84(58-50-78)122(82-53-45-76(46-54-82)74-27-19-14-20-28-74)86-60-62-90-88-32-22-24-34-94(88)110(96(90)66-86,68-72-41-37-70(8-4)38-42-72)98-101(113)105(117)108(120)106(118)102(98)114)80(30-16-12-10-6-2)64-91(79)77-47-55-83(56-48-77)121(81-51-43-75(44-52-81)73-25-17-13-18-26-73)85-59-61-89-87-31-21-23-33-93(87)109(95(89)65-85,67-71-39-35-69(7-3)36-40-71)97-99(111)103(115)107(119)104(116)100(97)112/h7-8,13-14,17-28,31-66H,3-6,9-12,15-16,29-30,67-68H2,1-2H3. The summed E-state index contributed by atoms with van der Waals surface area (Å²) < 4.78 is 164. The lowest BCUT2D eigenvalue weighted by Gasteiger charge is -2.35. The average molecular weight is 1630 g/mol. The quantitative estimate of drug-likeness (QED) is 0.0209. The first-order chi connectivity index (χ1) is 59.5. The SMILES string of the molecule is C=Cc1ccc(CC2(c3c(F)c(F)c(F)c(F)c3F)c3ccccc3-c3ccc(N(c4ccc(-c5ccccc5)cc4)c4ccc(-c5cc(CCCCCC)c(-c6ccc(N(c7ccc(-c8ccccc8)cc7)c7ccc8c(c7)C(Cc7ccc(C=C)cc7)(c7c(F)c(F)c(F)c(F)c7F)c7ccccc7-8)cc6)cc5CCCCCC)cc4)cc32)cc1. The fraction of sp³-hybridized carbons (Fsp3) is 0.145. The number of halogens is 10. The van der Waals surface area contributed by atoms with E-state index in [4.69, 9.17) is 0 Å². The van der Waals surface area contributed by atoms with Crippen molar-refractivity contribution in [2.45, 2.75) is 102 Å². The molecule has 0 aliphatic heterocycles. The van der Waals surface area contributed by atoms with Crippen LogP contribution in [0.5, 0.6) is 0 Å². The molecule has 0 heterocycles. The maximum absolute atomic E-state index is 17.2. The lowest BCUT2D eigenvalue weighted by molar-refractivity contribution is 0.357. The van der Waals surface area contributed by atoms with Gasteiger partial charge in [-0.05, 0) is 234 Å². The molecule has 0 spiro atoms. The van der Waals surface area contributed by atoms with Crippen LogP contribution in [-0.4, -0.2) is 0 Å². The molecule has 15 aromatic rings. The summed E-state index contributed by atoms with van der Waals surface area (Å²) in [6, 6.07) is 97.5. The van der Waals surface area contributed by atoms with Crippen LogP contribution < -0.4 is 9.80 Å². The summed E-state index contributed by atoms with van der Waals surface area (Å²) in [5.41, 5.74) is 15.0. The van der Waals surface area contributed by atoms with Crippen molar-refractivity contribution in [1.29, 1.82) is 0 Å². The summed E-state index contributed by atoms with van der Waals surface area (Å²) in [5, 5.41) is 0. The molecule has 0 saturated heterocycles. The van der Waals surface area contributed by atoms with Gasteiger partial charge >= 0.3 is 0 Å². The van der Waals surface area contributed by atoms with Gasteiger partial charge in [-0.1, -0.05) is 308 Å². The number of anilines is 6. The molecular formula is C110H86F10N2. The van der Waals surface area contributed by atoms with Crippen LogP contribution in [0.2, 0.25) is 0 Å². The Morgan fingerprint density at radius 1 is 0.254 bits per heavy atom. The predicted molar refractivity (Wildman–Crippen MR) is 477 cm³/mol. The number of benzene rings is 15. The molecule has 606 valence electrons. The highest BCUT2D eigenvalue weighted by Crippen LogP contribution is 2.60. The third-order valence-corrected chi connectivity index (χ3v) is 24.7. The molecule has 15 aromatic carbocycles. The minimum atomic E-state index is -2.24. The molecule has 0 bridgehead atoms. The van der Waals surface area contributed by atoms with Gasteiger partial charge in [-0.15, -0.1) is 0 Å². The van der Waals surface area contributed by atoms with E-state index in [1.807, 2.05) is 182 Å². The van der Waals surface area contributed by atoms with Gasteiger partial charge in [-0.3, -0.25) is 0 Å². The first-order valence-corrected chi connectivity index (χ1v) is 41.7. The van der Waals surface area contributed by atoms with Crippen molar-refractivity contribution in [3.63, 3.8) is 0 Å². The van der Waals surface area contributed by atoms with E-state index < -0.39 is 80.1 Å². The summed E-state index contributed by atoms with van der Waals surface area (Å²) in [6.45, 7) is 12.2. The Balaban J connectivity index is 0.801. The molecule has 0 fully saturated rings. The fourth-order valence-corrected chi connectivity index (χ4v) is 18.7. The number of fused-ring (bicyclic) bond motifs is 6. The lowest BCUT2D eigenvalue weighted by atomic mass is 9.68. The van der Waals surface area contributed by atoms with Crippen LogP contribution in [0.4, 0.5) is 78.0 Å². The molecule has 0 N–H and O–H groups in total. The zero-order valence-corrected chi connectivity index (χ0v) is 67.6. The molecule has 12 heteroatoms. The van der Waals surface area contributed by atoms with E-state index >= 15 is 43.9 Å². The minimum absolute atomic E-state index is 0.180. The molecular weight excluding hydrogens is 1540 g/mol. The van der Waals surface area contributed by atoms with Crippen molar-refractivity contribution in [3.05, 3.63) is 441 Å². The first kappa shape index (κ1) is 81.1. The molecule has 2 atom stereocenters. The van der Waals surface area contributed by atoms with Gasteiger partial charge in [0.2, 0.25) is 11.6 Å². The molecule has 0 saturated carbocycles. The number of hydrogen-bond acceptors (Lipinski definition) is 2. The van der Waals surface area contributed by atoms with Crippen molar-refractivity contribution in [3.8, 4) is 66.8 Å². The van der Waals surface area contributed by atoms with Gasteiger partial charge in [0.05, 0.1) is 10.8 Å². The molecule has 2 aliphatic rings. The maximum Gasteiger partial charge on any atom is 0.200 e. The highest BCUT2D eigenvalue weighted by Gasteiger charge is 2.52. The number of rotatable bonds is 28. The van der Waals surface area contributed by atoms with Crippen LogP contribution in [-0.2, 0) is 36.5 Å². The van der Waals surface area contributed by atoms with Crippen molar-refractivity contribution < 1.29 is 43.9 Å². The predicted octanol–water partition coefficient (Wildman–Crippen LogP) is 31.3. The highest BCUT2D eigenvalue weighted by molar-refractivity contribution is 5.92. The zero-order chi connectivity index (χ0) is 84.5. The molecule has 17 rings (SSSR count). The Morgan fingerprint density at radius 3 is 0.869 bits per heavy atom. The van der Waals surface area contributed by atoms with Crippen molar-refractivity contribution in [2.75, 3.05) is 9.80 Å². The van der Waals surface area contributed by atoms with E-state index in [1.54, 1.807) is 72.8 Å². The van der Waals surface area contributed by atoms with Crippen LogP contribution in [0, 0.1) is 58.2 Å². The molecule has 2 nitrogen and oxygen atoms in total. The number of hydrogen-bond donors (Lipinski definition) is 0. The van der Waals surface area contributed by atoms with Gasteiger partial charge in [-0.25, -0.2) is 43.9 Å². The van der Waals surface area contributed by atoms with Crippen molar-refractivity contribution >= 4 is 46.3 Å². The highest BCUT2D eigenvalue weighted by atomic mass is 19.2. The second-order valence-corrected chi connectivity index (χ2v) is 31.9. The molecule has 0 aromatic heterocycles. The average Bonchev–Trinajstić information content (AvgIpc) is 1.55. The lowest BCUT2D eigenvalue weighted by Crippen LogP contribution is -2.34. The van der Waals surface area contributed by atoms with Crippen LogP contribution in [0.15, 0.2) is 316 Å². The number of nitrogens with zero attached hydrogens (tertiary/aromatic N) is 2.